The molecule has 0 aromatic heterocycles. The number of para-hydroxylation sites is 1. The number of amides is 1. The summed E-state index contributed by atoms with van der Waals surface area (Å²) in [7, 11) is 1.69. The summed E-state index contributed by atoms with van der Waals surface area (Å²) in [6.45, 7) is 2.84. The van der Waals surface area contributed by atoms with E-state index in [0.717, 1.165) is 35.7 Å². The lowest BCUT2D eigenvalue weighted by atomic mass is 10.0. The molecule has 4 rings (SSSR count). The molecule has 2 aromatic carbocycles. The van der Waals surface area contributed by atoms with Gasteiger partial charge in [-0.15, -0.1) is 0 Å². The van der Waals surface area contributed by atoms with E-state index in [1.54, 1.807) is 19.3 Å². The summed E-state index contributed by atoms with van der Waals surface area (Å²) >= 11 is 0. The molecule has 0 bridgehead atoms. The largest absolute Gasteiger partial charge is 0.496 e. The average molecular weight is 394 g/mol. The highest BCUT2D eigenvalue weighted by Gasteiger charge is 2.26. The SMILES string of the molecule is COc1ccccc1C(CNC(=O)/C=C/c1ccc2c(c1)OCO2)N1CCCC1. The summed E-state index contributed by atoms with van der Waals surface area (Å²) in [5.41, 5.74) is 2.00. The monoisotopic (exact) mass is 394 g/mol. The van der Waals surface area contributed by atoms with Crippen LogP contribution in [0.1, 0.15) is 30.0 Å². The lowest BCUT2D eigenvalue weighted by molar-refractivity contribution is -0.116. The Hall–Kier alpha value is -2.99. The second kappa shape index (κ2) is 9.01. The Labute approximate surface area is 171 Å². The minimum atomic E-state index is -0.123. The van der Waals surface area contributed by atoms with Crippen molar-refractivity contribution in [3.63, 3.8) is 0 Å². The van der Waals surface area contributed by atoms with Gasteiger partial charge in [0, 0.05) is 18.2 Å². The number of rotatable bonds is 7. The van der Waals surface area contributed by atoms with Crippen LogP contribution in [-0.2, 0) is 4.79 Å². The van der Waals surface area contributed by atoms with Crippen LogP contribution in [0.3, 0.4) is 0 Å². The quantitative estimate of drug-likeness (QED) is 0.730. The normalized spacial score (nSPS) is 16.9. The third-order valence-corrected chi connectivity index (χ3v) is 5.37. The van der Waals surface area contributed by atoms with E-state index < -0.39 is 0 Å². The number of benzene rings is 2. The second-order valence-corrected chi connectivity index (χ2v) is 7.19. The van der Waals surface area contributed by atoms with Crippen molar-refractivity contribution in [1.82, 2.24) is 10.2 Å². The number of nitrogens with zero attached hydrogens (tertiary/aromatic N) is 1. The standard InChI is InChI=1S/C23H26N2O4/c1-27-20-7-3-2-6-18(20)19(25-12-4-5-13-25)15-24-23(26)11-9-17-8-10-21-22(14-17)29-16-28-21/h2-3,6-11,14,19H,4-5,12-13,15-16H2,1H3,(H,24,26)/b11-9+. The summed E-state index contributed by atoms with van der Waals surface area (Å²) in [5.74, 6) is 2.17. The topological polar surface area (TPSA) is 60.0 Å². The molecular formula is C23H26N2O4. The summed E-state index contributed by atoms with van der Waals surface area (Å²) in [6.07, 6.45) is 5.71. The number of likely N-dealkylation sites (tertiary alicyclic amines) is 1. The first-order chi connectivity index (χ1) is 14.2. The van der Waals surface area contributed by atoms with Gasteiger partial charge in [-0.05, 0) is 55.8 Å². The van der Waals surface area contributed by atoms with Crippen LogP contribution in [0.25, 0.3) is 6.08 Å². The van der Waals surface area contributed by atoms with Crippen LogP contribution in [0, 0.1) is 0 Å². The Kier molecular flexibility index (Phi) is 6.00. The van der Waals surface area contributed by atoms with E-state index in [9.17, 15) is 4.79 Å². The smallest absolute Gasteiger partial charge is 0.244 e. The van der Waals surface area contributed by atoms with Gasteiger partial charge in [0.1, 0.15) is 5.75 Å². The average Bonchev–Trinajstić information content (AvgIpc) is 3.44. The van der Waals surface area contributed by atoms with Gasteiger partial charge in [0.15, 0.2) is 11.5 Å². The van der Waals surface area contributed by atoms with Crippen molar-refractivity contribution in [3.05, 3.63) is 59.7 Å². The molecular weight excluding hydrogens is 368 g/mol. The zero-order chi connectivity index (χ0) is 20.1. The molecule has 0 saturated carbocycles. The fourth-order valence-electron chi connectivity index (χ4n) is 3.88. The van der Waals surface area contributed by atoms with E-state index >= 15 is 0 Å². The third kappa shape index (κ3) is 4.54. The Morgan fingerprint density at radius 2 is 1.97 bits per heavy atom. The van der Waals surface area contributed by atoms with E-state index in [1.165, 1.54) is 12.8 Å². The fraction of sp³-hybridized carbons (Fsp3) is 0.348. The number of hydrogen-bond acceptors (Lipinski definition) is 5. The summed E-state index contributed by atoms with van der Waals surface area (Å²) in [5, 5.41) is 3.05. The highest BCUT2D eigenvalue weighted by atomic mass is 16.7. The molecule has 152 valence electrons. The Bertz CT molecular complexity index is 890. The Morgan fingerprint density at radius 1 is 1.17 bits per heavy atom. The predicted molar refractivity (Wildman–Crippen MR) is 111 cm³/mol. The van der Waals surface area contributed by atoms with Crippen LogP contribution in [0.2, 0.25) is 0 Å². The first-order valence-electron chi connectivity index (χ1n) is 9.97. The van der Waals surface area contributed by atoms with Gasteiger partial charge in [-0.25, -0.2) is 0 Å². The zero-order valence-corrected chi connectivity index (χ0v) is 16.6. The predicted octanol–water partition coefficient (Wildman–Crippen LogP) is 3.39. The van der Waals surface area contributed by atoms with Gasteiger partial charge >= 0.3 is 0 Å². The van der Waals surface area contributed by atoms with Crippen molar-refractivity contribution in [2.24, 2.45) is 0 Å². The van der Waals surface area contributed by atoms with Crippen LogP contribution < -0.4 is 19.5 Å². The van der Waals surface area contributed by atoms with Gasteiger partial charge < -0.3 is 19.5 Å². The van der Waals surface area contributed by atoms with E-state index in [2.05, 4.69) is 16.3 Å². The van der Waals surface area contributed by atoms with Crippen LogP contribution in [0.5, 0.6) is 17.2 Å². The highest BCUT2D eigenvalue weighted by molar-refractivity contribution is 5.91. The number of methoxy groups -OCH3 is 1. The molecule has 29 heavy (non-hydrogen) atoms. The molecule has 1 atom stereocenters. The molecule has 2 heterocycles. The van der Waals surface area contributed by atoms with Crippen molar-refractivity contribution in [2.45, 2.75) is 18.9 Å². The number of hydrogen-bond donors (Lipinski definition) is 1. The fourth-order valence-corrected chi connectivity index (χ4v) is 3.88. The molecule has 1 unspecified atom stereocenters. The van der Waals surface area contributed by atoms with Gasteiger partial charge in [0.25, 0.3) is 0 Å². The molecule has 1 saturated heterocycles. The Balaban J connectivity index is 1.42. The third-order valence-electron chi connectivity index (χ3n) is 5.37. The van der Waals surface area contributed by atoms with Gasteiger partial charge in [-0.3, -0.25) is 9.69 Å². The van der Waals surface area contributed by atoms with Crippen LogP contribution in [-0.4, -0.2) is 44.3 Å². The lowest BCUT2D eigenvalue weighted by Crippen LogP contribution is -2.36. The summed E-state index contributed by atoms with van der Waals surface area (Å²) < 4.78 is 16.3. The summed E-state index contributed by atoms with van der Waals surface area (Å²) in [4.78, 5) is 14.9. The van der Waals surface area contributed by atoms with Crippen LogP contribution in [0.4, 0.5) is 0 Å². The second-order valence-electron chi connectivity index (χ2n) is 7.19. The molecule has 0 spiro atoms. The minimum Gasteiger partial charge on any atom is -0.496 e. The molecule has 1 N–H and O–H groups in total. The number of ether oxygens (including phenoxy) is 3. The molecule has 2 aliphatic heterocycles. The van der Waals surface area contributed by atoms with Gasteiger partial charge in [-0.2, -0.15) is 0 Å². The maximum Gasteiger partial charge on any atom is 0.244 e. The molecule has 1 amide bonds. The number of fused-ring (bicyclic) bond motifs is 1. The maximum atomic E-state index is 12.5. The van der Waals surface area contributed by atoms with E-state index in [0.29, 0.717) is 12.3 Å². The van der Waals surface area contributed by atoms with Crippen molar-refractivity contribution in [2.75, 3.05) is 33.5 Å². The molecule has 2 aromatic rings. The van der Waals surface area contributed by atoms with Crippen molar-refractivity contribution in [3.8, 4) is 17.2 Å². The first kappa shape index (κ1) is 19.3. The van der Waals surface area contributed by atoms with Crippen LogP contribution >= 0.6 is 0 Å². The molecule has 6 heteroatoms. The first-order valence-corrected chi connectivity index (χ1v) is 9.97. The van der Waals surface area contributed by atoms with Crippen molar-refractivity contribution < 1.29 is 19.0 Å². The highest BCUT2D eigenvalue weighted by Crippen LogP contribution is 2.33. The number of carbonyl (C=O) groups excluding carboxylic acids is 1. The van der Waals surface area contributed by atoms with E-state index in [4.69, 9.17) is 14.2 Å². The van der Waals surface area contributed by atoms with E-state index in [-0.39, 0.29) is 18.7 Å². The van der Waals surface area contributed by atoms with Gasteiger partial charge in [0.2, 0.25) is 12.7 Å². The summed E-state index contributed by atoms with van der Waals surface area (Å²) in [6, 6.07) is 13.8. The van der Waals surface area contributed by atoms with Crippen LogP contribution in [0.15, 0.2) is 48.5 Å². The molecule has 1 fully saturated rings. The molecule has 2 aliphatic rings. The zero-order valence-electron chi connectivity index (χ0n) is 16.6. The van der Waals surface area contributed by atoms with Gasteiger partial charge in [-0.1, -0.05) is 24.3 Å². The molecule has 6 nitrogen and oxygen atoms in total. The Morgan fingerprint density at radius 3 is 2.79 bits per heavy atom. The molecule has 0 radical (unpaired) electrons. The van der Waals surface area contributed by atoms with Gasteiger partial charge in [0.05, 0.1) is 13.2 Å². The number of carbonyl (C=O) groups is 1. The van der Waals surface area contributed by atoms with Crippen molar-refractivity contribution >= 4 is 12.0 Å². The minimum absolute atomic E-state index is 0.0940. The van der Waals surface area contributed by atoms with Crippen molar-refractivity contribution in [1.29, 1.82) is 0 Å². The molecule has 0 aliphatic carbocycles. The lowest BCUT2D eigenvalue weighted by Gasteiger charge is -2.29. The van der Waals surface area contributed by atoms with E-state index in [1.807, 2.05) is 36.4 Å². The maximum absolute atomic E-state index is 12.5. The number of nitrogens with one attached hydrogen (secondary N) is 1.